The zero-order valence-corrected chi connectivity index (χ0v) is 10.0. The molecule has 0 aromatic heterocycles. The molecule has 1 atom stereocenters. The lowest BCUT2D eigenvalue weighted by molar-refractivity contribution is 0.353. The monoisotopic (exact) mass is 194 g/mol. The molecule has 0 aromatic rings. The van der Waals surface area contributed by atoms with Crippen LogP contribution in [0.4, 0.5) is 0 Å². The summed E-state index contributed by atoms with van der Waals surface area (Å²) in [5, 5.41) is 0. The maximum atomic E-state index is 4.56. The highest BCUT2D eigenvalue weighted by atomic mass is 15.2. The molecule has 1 aliphatic rings. The fraction of sp³-hybridized carbons (Fsp3) is 0.750. The van der Waals surface area contributed by atoms with E-state index in [1.54, 1.807) is 0 Å². The Morgan fingerprint density at radius 1 is 1.43 bits per heavy atom. The third-order valence-corrected chi connectivity index (χ3v) is 2.93. The van der Waals surface area contributed by atoms with Crippen LogP contribution in [0.25, 0.3) is 0 Å². The molecule has 2 heteroatoms. The summed E-state index contributed by atoms with van der Waals surface area (Å²) in [6.45, 7) is 12.1. The number of amidine groups is 1. The highest BCUT2D eigenvalue weighted by molar-refractivity contribution is 5.86. The van der Waals surface area contributed by atoms with Crippen LogP contribution in [0.15, 0.2) is 16.8 Å². The molecule has 1 aliphatic heterocycles. The van der Waals surface area contributed by atoms with E-state index in [0.29, 0.717) is 12.0 Å². The van der Waals surface area contributed by atoms with Gasteiger partial charge in [-0.2, -0.15) is 0 Å². The van der Waals surface area contributed by atoms with Gasteiger partial charge in [-0.3, -0.25) is 0 Å². The topological polar surface area (TPSA) is 15.6 Å². The maximum Gasteiger partial charge on any atom is 0.107 e. The second kappa shape index (κ2) is 4.63. The quantitative estimate of drug-likeness (QED) is 0.674. The first kappa shape index (κ1) is 11.3. The molecule has 0 bridgehead atoms. The van der Waals surface area contributed by atoms with E-state index in [4.69, 9.17) is 0 Å². The van der Waals surface area contributed by atoms with Gasteiger partial charge in [0.05, 0.1) is 6.04 Å². The van der Waals surface area contributed by atoms with Gasteiger partial charge in [0.25, 0.3) is 0 Å². The van der Waals surface area contributed by atoms with Crippen LogP contribution >= 0.6 is 0 Å². The predicted octanol–water partition coefficient (Wildman–Crippen LogP) is 3.06. The van der Waals surface area contributed by atoms with Gasteiger partial charge in [0.15, 0.2) is 0 Å². The molecule has 0 saturated carbocycles. The predicted molar refractivity (Wildman–Crippen MR) is 62.5 cm³/mol. The summed E-state index contributed by atoms with van der Waals surface area (Å²) in [6, 6.07) is 0.528. The smallest absolute Gasteiger partial charge is 0.107 e. The Bertz CT molecular complexity index is 251. The van der Waals surface area contributed by atoms with Crippen LogP contribution in [0.1, 0.15) is 41.0 Å². The normalized spacial score (nSPS) is 22.4. The van der Waals surface area contributed by atoms with Crippen molar-refractivity contribution in [3.63, 3.8) is 0 Å². The fourth-order valence-electron chi connectivity index (χ4n) is 2.03. The molecule has 0 saturated heterocycles. The molecule has 0 spiro atoms. The van der Waals surface area contributed by atoms with Gasteiger partial charge in [0, 0.05) is 18.7 Å². The molecule has 0 fully saturated rings. The number of rotatable bonds is 3. The number of hydrogen-bond donors (Lipinski definition) is 0. The molecular weight excluding hydrogens is 172 g/mol. The van der Waals surface area contributed by atoms with Crippen molar-refractivity contribution >= 4 is 5.84 Å². The molecule has 1 rings (SSSR count). The third-order valence-electron chi connectivity index (χ3n) is 2.93. The van der Waals surface area contributed by atoms with Gasteiger partial charge >= 0.3 is 0 Å². The molecule has 80 valence electrons. The number of hydrogen-bond acceptors (Lipinski definition) is 2. The SMILES string of the molecule is CCC1=CN=C(C(C)C)N(CC)C1C. The van der Waals surface area contributed by atoms with Crippen molar-refractivity contribution in [1.29, 1.82) is 0 Å². The molecule has 0 aliphatic carbocycles. The van der Waals surface area contributed by atoms with Gasteiger partial charge in [-0.25, -0.2) is 4.99 Å². The minimum absolute atomic E-state index is 0.520. The van der Waals surface area contributed by atoms with Crippen LogP contribution in [0.5, 0.6) is 0 Å². The summed E-state index contributed by atoms with van der Waals surface area (Å²) >= 11 is 0. The molecular formula is C12H22N2. The highest BCUT2D eigenvalue weighted by Crippen LogP contribution is 2.21. The third kappa shape index (κ3) is 1.99. The van der Waals surface area contributed by atoms with Crippen LogP contribution in [0, 0.1) is 5.92 Å². The first-order valence-electron chi connectivity index (χ1n) is 5.65. The molecule has 0 aromatic carbocycles. The van der Waals surface area contributed by atoms with Crippen molar-refractivity contribution in [2.45, 2.75) is 47.1 Å². The second-order valence-corrected chi connectivity index (χ2v) is 4.16. The van der Waals surface area contributed by atoms with E-state index in [1.807, 2.05) is 0 Å². The molecule has 1 unspecified atom stereocenters. The average Bonchev–Trinajstić information content (AvgIpc) is 2.17. The lowest BCUT2D eigenvalue weighted by atomic mass is 10.0. The summed E-state index contributed by atoms with van der Waals surface area (Å²) in [7, 11) is 0. The summed E-state index contributed by atoms with van der Waals surface area (Å²) in [6.07, 6.45) is 3.17. The van der Waals surface area contributed by atoms with Gasteiger partial charge in [-0.05, 0) is 25.8 Å². The van der Waals surface area contributed by atoms with Crippen molar-refractivity contribution in [1.82, 2.24) is 4.90 Å². The molecule has 1 heterocycles. The van der Waals surface area contributed by atoms with Crippen molar-refractivity contribution in [2.75, 3.05) is 6.54 Å². The van der Waals surface area contributed by atoms with Gasteiger partial charge in [0.2, 0.25) is 0 Å². The lowest BCUT2D eigenvalue weighted by Gasteiger charge is -2.36. The second-order valence-electron chi connectivity index (χ2n) is 4.16. The van der Waals surface area contributed by atoms with Crippen LogP contribution in [-0.2, 0) is 0 Å². The van der Waals surface area contributed by atoms with Crippen molar-refractivity contribution in [3.8, 4) is 0 Å². The van der Waals surface area contributed by atoms with Crippen molar-refractivity contribution in [2.24, 2.45) is 10.9 Å². The Morgan fingerprint density at radius 2 is 2.07 bits per heavy atom. The van der Waals surface area contributed by atoms with Crippen LogP contribution in [-0.4, -0.2) is 23.3 Å². The van der Waals surface area contributed by atoms with E-state index in [0.717, 1.165) is 13.0 Å². The van der Waals surface area contributed by atoms with E-state index < -0.39 is 0 Å². The largest absolute Gasteiger partial charge is 0.354 e. The zero-order chi connectivity index (χ0) is 10.7. The summed E-state index contributed by atoms with van der Waals surface area (Å²) < 4.78 is 0. The summed E-state index contributed by atoms with van der Waals surface area (Å²) in [5.41, 5.74) is 1.44. The van der Waals surface area contributed by atoms with E-state index in [-0.39, 0.29) is 0 Å². The summed E-state index contributed by atoms with van der Waals surface area (Å²) in [5.74, 6) is 1.75. The molecule has 14 heavy (non-hydrogen) atoms. The van der Waals surface area contributed by atoms with Crippen LogP contribution < -0.4 is 0 Å². The minimum atomic E-state index is 0.520. The molecule has 0 amide bonds. The Hall–Kier alpha value is -0.790. The Balaban J connectivity index is 2.94. The highest BCUT2D eigenvalue weighted by Gasteiger charge is 2.23. The van der Waals surface area contributed by atoms with E-state index >= 15 is 0 Å². The molecule has 0 N–H and O–H groups in total. The number of nitrogens with zero attached hydrogens (tertiary/aromatic N) is 2. The van der Waals surface area contributed by atoms with Crippen LogP contribution in [0.2, 0.25) is 0 Å². The van der Waals surface area contributed by atoms with Crippen molar-refractivity contribution in [3.05, 3.63) is 11.8 Å². The van der Waals surface area contributed by atoms with Crippen molar-refractivity contribution < 1.29 is 0 Å². The van der Waals surface area contributed by atoms with Gasteiger partial charge in [-0.1, -0.05) is 20.8 Å². The first-order valence-corrected chi connectivity index (χ1v) is 5.65. The van der Waals surface area contributed by atoms with E-state index in [1.165, 1.54) is 11.4 Å². The Kier molecular flexibility index (Phi) is 3.73. The minimum Gasteiger partial charge on any atom is -0.354 e. The van der Waals surface area contributed by atoms with Crippen LogP contribution in [0.3, 0.4) is 0 Å². The Labute approximate surface area is 87.7 Å². The van der Waals surface area contributed by atoms with E-state index in [9.17, 15) is 0 Å². The van der Waals surface area contributed by atoms with E-state index in [2.05, 4.69) is 50.7 Å². The summed E-state index contributed by atoms with van der Waals surface area (Å²) in [4.78, 5) is 6.97. The zero-order valence-electron chi connectivity index (χ0n) is 10.0. The number of likely N-dealkylation sites (N-methyl/N-ethyl adjacent to an activating group) is 1. The van der Waals surface area contributed by atoms with Gasteiger partial charge in [-0.15, -0.1) is 0 Å². The first-order chi connectivity index (χ1) is 6.61. The fourth-order valence-corrected chi connectivity index (χ4v) is 2.03. The van der Waals surface area contributed by atoms with Gasteiger partial charge < -0.3 is 4.90 Å². The number of aliphatic imine (C=N–C) groups is 1. The Morgan fingerprint density at radius 3 is 2.50 bits per heavy atom. The molecule has 2 nitrogen and oxygen atoms in total. The lowest BCUT2D eigenvalue weighted by Crippen LogP contribution is -2.43. The molecule has 0 radical (unpaired) electrons. The standard InChI is InChI=1S/C12H22N2/c1-6-11-8-13-12(9(3)4)14(7-2)10(11)5/h8-10H,6-7H2,1-5H3. The maximum absolute atomic E-state index is 4.56. The van der Waals surface area contributed by atoms with Gasteiger partial charge in [0.1, 0.15) is 5.84 Å². The average molecular weight is 194 g/mol.